The highest BCUT2D eigenvalue weighted by Gasteiger charge is 2.56. The lowest BCUT2D eigenvalue weighted by Gasteiger charge is -2.23. The van der Waals surface area contributed by atoms with Crippen molar-refractivity contribution in [3.05, 3.63) is 72.2 Å². The van der Waals surface area contributed by atoms with E-state index in [1.54, 1.807) is 6.07 Å². The number of nitrogens with zero attached hydrogens (tertiary/aromatic N) is 4. The first-order valence-electron chi connectivity index (χ1n) is 11.6. The van der Waals surface area contributed by atoms with E-state index in [0.29, 0.717) is 23.4 Å². The van der Waals surface area contributed by atoms with E-state index in [9.17, 15) is 30.8 Å². The topological polar surface area (TPSA) is 93.1 Å². The van der Waals surface area contributed by atoms with Crippen molar-refractivity contribution in [1.29, 1.82) is 0 Å². The summed E-state index contributed by atoms with van der Waals surface area (Å²) in [4.78, 5) is 24.9. The molecule has 0 radical (unpaired) electrons. The molecule has 2 aromatic heterocycles. The lowest BCUT2D eigenvalue weighted by atomic mass is 9.98. The van der Waals surface area contributed by atoms with Gasteiger partial charge in [0, 0.05) is 30.4 Å². The van der Waals surface area contributed by atoms with Crippen LogP contribution < -0.4 is 0 Å². The van der Waals surface area contributed by atoms with Gasteiger partial charge in [0.25, 0.3) is 0 Å². The van der Waals surface area contributed by atoms with Crippen LogP contribution in [-0.4, -0.2) is 46.0 Å². The number of halogens is 4. The second-order valence-electron chi connectivity index (χ2n) is 9.51. The number of carbonyl (C=O) groups excluding carboxylic acids is 1. The van der Waals surface area contributed by atoms with Crippen LogP contribution in [0.25, 0.3) is 11.3 Å². The minimum atomic E-state index is -4.55. The minimum absolute atomic E-state index is 0.0257. The first kappa shape index (κ1) is 25.4. The van der Waals surface area contributed by atoms with Crippen LogP contribution in [0.5, 0.6) is 0 Å². The van der Waals surface area contributed by atoms with Gasteiger partial charge in [-0.1, -0.05) is 0 Å². The summed E-state index contributed by atoms with van der Waals surface area (Å²) in [5, 5.41) is 0. The van der Waals surface area contributed by atoms with Gasteiger partial charge in [-0.15, -0.1) is 0 Å². The Bertz CT molecular complexity index is 1420. The Balaban J connectivity index is 1.30. The molecule has 7 nitrogen and oxygen atoms in total. The first-order chi connectivity index (χ1) is 17.5. The average molecular weight is 535 g/mol. The average Bonchev–Trinajstić information content (AvgIpc) is 3.51. The summed E-state index contributed by atoms with van der Waals surface area (Å²) in [7, 11) is -3.99. The predicted molar refractivity (Wildman–Crippen MR) is 124 cm³/mol. The third-order valence-corrected chi connectivity index (χ3v) is 8.78. The SMILES string of the molecule is O=C(CCc1cc(-c2ccc(C(F)(F)F)nc2)ncn1)[C@@H]1CC2(CC2)CN1S(=O)(=O)c1ccc(F)cc1. The number of aryl methyl sites for hydroxylation is 1. The number of carbonyl (C=O) groups is 1. The normalized spacial score (nSPS) is 19.3. The second-order valence-corrected chi connectivity index (χ2v) is 11.4. The number of Topliss-reactive ketones (excluding diaryl/α,β-unsaturated/α-hetero) is 1. The summed E-state index contributed by atoms with van der Waals surface area (Å²) < 4.78 is 79.5. The highest BCUT2D eigenvalue weighted by Crippen LogP contribution is 2.56. The van der Waals surface area contributed by atoms with Crippen molar-refractivity contribution in [3.8, 4) is 11.3 Å². The molecular formula is C25H22F4N4O3S. The fraction of sp³-hybridized carbons (Fsp3) is 0.360. The maximum absolute atomic E-state index is 13.3. The van der Waals surface area contributed by atoms with E-state index in [4.69, 9.17) is 0 Å². The number of sulfonamides is 1. The van der Waals surface area contributed by atoms with Gasteiger partial charge in [0.05, 0.1) is 16.6 Å². The zero-order valence-electron chi connectivity index (χ0n) is 19.4. The largest absolute Gasteiger partial charge is 0.433 e. The lowest BCUT2D eigenvalue weighted by Crippen LogP contribution is -2.40. The molecule has 0 unspecified atom stereocenters. The molecule has 0 amide bonds. The number of pyridine rings is 1. The number of alkyl halides is 3. The van der Waals surface area contributed by atoms with Crippen LogP contribution in [0.3, 0.4) is 0 Å². The van der Waals surface area contributed by atoms with Crippen molar-refractivity contribution < 1.29 is 30.8 Å². The molecule has 1 spiro atoms. The molecule has 0 N–H and O–H groups in total. The van der Waals surface area contributed by atoms with Gasteiger partial charge in [0.1, 0.15) is 17.8 Å². The van der Waals surface area contributed by atoms with Gasteiger partial charge >= 0.3 is 6.18 Å². The lowest BCUT2D eigenvalue weighted by molar-refractivity contribution is -0.141. The van der Waals surface area contributed by atoms with Crippen LogP contribution in [0, 0.1) is 11.2 Å². The molecule has 12 heteroatoms. The Morgan fingerprint density at radius 3 is 2.41 bits per heavy atom. The van der Waals surface area contributed by atoms with E-state index in [2.05, 4.69) is 15.0 Å². The van der Waals surface area contributed by atoms with Crippen LogP contribution in [0.4, 0.5) is 17.6 Å². The zero-order chi connectivity index (χ0) is 26.4. The van der Waals surface area contributed by atoms with Gasteiger partial charge in [-0.2, -0.15) is 17.5 Å². The number of hydrogen-bond acceptors (Lipinski definition) is 6. The summed E-state index contributed by atoms with van der Waals surface area (Å²) in [5.41, 5.74) is 0.0139. The Kier molecular flexibility index (Phi) is 6.35. The van der Waals surface area contributed by atoms with Gasteiger partial charge in [0.15, 0.2) is 5.78 Å². The quantitative estimate of drug-likeness (QED) is 0.416. The van der Waals surface area contributed by atoms with Crippen molar-refractivity contribution >= 4 is 15.8 Å². The number of ketones is 1. The van der Waals surface area contributed by atoms with Crippen molar-refractivity contribution in [1.82, 2.24) is 19.3 Å². The van der Waals surface area contributed by atoms with E-state index in [-0.39, 0.29) is 35.5 Å². The molecule has 1 saturated carbocycles. The summed E-state index contributed by atoms with van der Waals surface area (Å²) >= 11 is 0. The van der Waals surface area contributed by atoms with Crippen LogP contribution in [-0.2, 0) is 27.4 Å². The van der Waals surface area contributed by atoms with Crippen molar-refractivity contribution in [2.24, 2.45) is 5.41 Å². The molecule has 37 heavy (non-hydrogen) atoms. The van der Waals surface area contributed by atoms with Gasteiger partial charge in [0.2, 0.25) is 10.0 Å². The highest BCUT2D eigenvalue weighted by atomic mass is 32.2. The van der Waals surface area contributed by atoms with E-state index in [0.717, 1.165) is 37.2 Å². The van der Waals surface area contributed by atoms with Crippen LogP contribution >= 0.6 is 0 Å². The van der Waals surface area contributed by atoms with Gasteiger partial charge in [-0.3, -0.25) is 9.78 Å². The summed E-state index contributed by atoms with van der Waals surface area (Å²) in [6.07, 6.45) is 0.157. The Morgan fingerprint density at radius 1 is 1.05 bits per heavy atom. The number of benzene rings is 1. The zero-order valence-corrected chi connectivity index (χ0v) is 20.3. The molecule has 3 aromatic rings. The van der Waals surface area contributed by atoms with Crippen molar-refractivity contribution in [2.75, 3.05) is 6.54 Å². The molecule has 3 heterocycles. The summed E-state index contributed by atoms with van der Waals surface area (Å²) in [6, 6.07) is 7.42. The minimum Gasteiger partial charge on any atom is -0.298 e. The Labute approximate surface area is 210 Å². The third-order valence-electron chi connectivity index (χ3n) is 6.92. The monoisotopic (exact) mass is 534 g/mol. The number of aromatic nitrogens is 3. The standard InChI is InChI=1S/C25H22F4N4O3S/c26-17-2-5-19(6-3-17)37(35,36)33-14-24(9-10-24)12-21(33)22(34)7-4-18-11-20(32-15-31-18)16-1-8-23(30-13-16)25(27,28)29/h1-3,5-6,8,11,13,15,21H,4,7,9-10,12,14H2/t21-/m0/s1. The summed E-state index contributed by atoms with van der Waals surface area (Å²) in [6.45, 7) is 0.252. The van der Waals surface area contributed by atoms with Crippen molar-refractivity contribution in [2.45, 2.75) is 49.2 Å². The van der Waals surface area contributed by atoms with Crippen molar-refractivity contribution in [3.63, 3.8) is 0 Å². The fourth-order valence-corrected chi connectivity index (χ4v) is 6.37. The van der Waals surface area contributed by atoms with E-state index >= 15 is 0 Å². The third kappa shape index (κ3) is 5.26. The van der Waals surface area contributed by atoms with Crippen LogP contribution in [0.1, 0.15) is 37.1 Å². The van der Waals surface area contributed by atoms with Crippen LogP contribution in [0.2, 0.25) is 0 Å². The van der Waals surface area contributed by atoms with Gasteiger partial charge in [-0.05, 0) is 73.6 Å². The smallest absolute Gasteiger partial charge is 0.298 e. The molecule has 1 aliphatic carbocycles. The molecule has 1 aromatic carbocycles. The molecule has 1 atom stereocenters. The Morgan fingerprint density at radius 2 is 1.78 bits per heavy atom. The highest BCUT2D eigenvalue weighted by molar-refractivity contribution is 7.89. The van der Waals surface area contributed by atoms with E-state index < -0.39 is 33.8 Å². The molecule has 1 saturated heterocycles. The molecule has 2 fully saturated rings. The van der Waals surface area contributed by atoms with Gasteiger partial charge < -0.3 is 0 Å². The van der Waals surface area contributed by atoms with E-state index in [1.807, 2.05) is 0 Å². The number of rotatable bonds is 7. The first-order valence-corrected chi connectivity index (χ1v) is 13.1. The second kappa shape index (κ2) is 9.25. The molecule has 194 valence electrons. The fourth-order valence-electron chi connectivity index (χ4n) is 4.65. The molecule has 1 aliphatic heterocycles. The van der Waals surface area contributed by atoms with Crippen LogP contribution in [0.15, 0.2) is 59.9 Å². The molecule has 0 bridgehead atoms. The summed E-state index contributed by atoms with van der Waals surface area (Å²) in [5.74, 6) is -0.797. The number of hydrogen-bond donors (Lipinski definition) is 0. The molecule has 5 rings (SSSR count). The predicted octanol–water partition coefficient (Wildman–Crippen LogP) is 4.44. The van der Waals surface area contributed by atoms with Gasteiger partial charge in [-0.25, -0.2) is 22.8 Å². The maximum atomic E-state index is 13.3. The molecular weight excluding hydrogens is 512 g/mol. The Hall–Kier alpha value is -3.25. The van der Waals surface area contributed by atoms with E-state index in [1.165, 1.54) is 28.8 Å². The maximum Gasteiger partial charge on any atom is 0.433 e. The molecule has 2 aliphatic rings.